The Bertz CT molecular complexity index is 396. The van der Waals surface area contributed by atoms with Crippen molar-refractivity contribution < 1.29 is 0 Å². The maximum absolute atomic E-state index is 5.93. The van der Waals surface area contributed by atoms with Crippen molar-refractivity contribution in [2.45, 2.75) is 32.2 Å². The number of nitrogens with one attached hydrogen (secondary N) is 1. The van der Waals surface area contributed by atoms with Crippen LogP contribution in [0.3, 0.4) is 0 Å². The predicted molar refractivity (Wildman–Crippen MR) is 81.4 cm³/mol. The van der Waals surface area contributed by atoms with Gasteiger partial charge < -0.3 is 11.1 Å². The number of aliphatic imine (C=N–C) groups is 1. The Hall–Kier alpha value is -1.55. The van der Waals surface area contributed by atoms with E-state index < -0.39 is 0 Å². The first-order valence-corrected chi connectivity index (χ1v) is 7.15. The third kappa shape index (κ3) is 4.24. The SMILES string of the molecule is CCC(CN=C(N)Nc1ccccc1)N1CCCC1. The van der Waals surface area contributed by atoms with Gasteiger partial charge in [0.25, 0.3) is 0 Å². The van der Waals surface area contributed by atoms with E-state index in [9.17, 15) is 0 Å². The zero-order valence-corrected chi connectivity index (χ0v) is 11.7. The van der Waals surface area contributed by atoms with Crippen LogP contribution in [-0.4, -0.2) is 36.5 Å². The van der Waals surface area contributed by atoms with Gasteiger partial charge in [0.2, 0.25) is 0 Å². The Morgan fingerprint density at radius 1 is 1.32 bits per heavy atom. The molecule has 104 valence electrons. The minimum Gasteiger partial charge on any atom is -0.370 e. The van der Waals surface area contributed by atoms with Crippen LogP contribution in [0.2, 0.25) is 0 Å². The number of benzene rings is 1. The monoisotopic (exact) mass is 260 g/mol. The summed E-state index contributed by atoms with van der Waals surface area (Å²) in [5.41, 5.74) is 6.91. The molecule has 1 aliphatic rings. The van der Waals surface area contributed by atoms with Gasteiger partial charge >= 0.3 is 0 Å². The second kappa shape index (κ2) is 7.14. The van der Waals surface area contributed by atoms with Crippen molar-refractivity contribution in [1.82, 2.24) is 4.90 Å². The average Bonchev–Trinajstić information content (AvgIpc) is 2.95. The van der Waals surface area contributed by atoms with Gasteiger partial charge in [-0.2, -0.15) is 0 Å². The second-order valence-corrected chi connectivity index (χ2v) is 5.02. The highest BCUT2D eigenvalue weighted by atomic mass is 15.2. The first-order chi connectivity index (χ1) is 9.29. The van der Waals surface area contributed by atoms with Gasteiger partial charge in [-0.3, -0.25) is 9.89 Å². The highest BCUT2D eigenvalue weighted by Gasteiger charge is 2.19. The number of rotatable bonds is 5. The Morgan fingerprint density at radius 2 is 2.00 bits per heavy atom. The lowest BCUT2D eigenvalue weighted by molar-refractivity contribution is 0.242. The molecule has 3 N–H and O–H groups in total. The van der Waals surface area contributed by atoms with Gasteiger partial charge in [-0.25, -0.2) is 0 Å². The van der Waals surface area contributed by atoms with Gasteiger partial charge in [0.05, 0.1) is 6.54 Å². The van der Waals surface area contributed by atoms with Crippen molar-refractivity contribution in [2.24, 2.45) is 10.7 Å². The molecule has 2 rings (SSSR count). The van der Waals surface area contributed by atoms with Crippen LogP contribution in [0.25, 0.3) is 0 Å². The molecule has 0 spiro atoms. The second-order valence-electron chi connectivity index (χ2n) is 5.02. The van der Waals surface area contributed by atoms with Crippen LogP contribution in [-0.2, 0) is 0 Å². The highest BCUT2D eigenvalue weighted by molar-refractivity contribution is 5.92. The number of likely N-dealkylation sites (tertiary alicyclic amines) is 1. The molecule has 4 nitrogen and oxygen atoms in total. The fourth-order valence-corrected chi connectivity index (χ4v) is 2.52. The summed E-state index contributed by atoms with van der Waals surface area (Å²) in [7, 11) is 0. The third-order valence-corrected chi connectivity index (χ3v) is 3.65. The maximum atomic E-state index is 5.93. The van der Waals surface area contributed by atoms with E-state index in [1.54, 1.807) is 0 Å². The highest BCUT2D eigenvalue weighted by Crippen LogP contribution is 2.14. The van der Waals surface area contributed by atoms with E-state index in [2.05, 4.69) is 22.1 Å². The Labute approximate surface area is 115 Å². The molecule has 1 fully saturated rings. The van der Waals surface area contributed by atoms with Crippen LogP contribution in [0.15, 0.2) is 35.3 Å². The van der Waals surface area contributed by atoms with E-state index in [0.29, 0.717) is 12.0 Å². The molecule has 1 aromatic rings. The van der Waals surface area contributed by atoms with Crippen molar-refractivity contribution in [3.63, 3.8) is 0 Å². The zero-order valence-electron chi connectivity index (χ0n) is 11.7. The molecule has 1 aromatic carbocycles. The molecule has 0 bridgehead atoms. The molecular formula is C15H24N4. The summed E-state index contributed by atoms with van der Waals surface area (Å²) in [6.45, 7) is 5.42. The summed E-state index contributed by atoms with van der Waals surface area (Å²) in [5, 5.41) is 3.12. The molecule has 4 heteroatoms. The average molecular weight is 260 g/mol. The molecule has 0 amide bonds. The van der Waals surface area contributed by atoms with Crippen LogP contribution in [0.4, 0.5) is 5.69 Å². The number of anilines is 1. The third-order valence-electron chi connectivity index (χ3n) is 3.65. The fourth-order valence-electron chi connectivity index (χ4n) is 2.52. The topological polar surface area (TPSA) is 53.6 Å². The normalized spacial score (nSPS) is 18.5. The summed E-state index contributed by atoms with van der Waals surface area (Å²) < 4.78 is 0. The van der Waals surface area contributed by atoms with E-state index in [0.717, 1.165) is 18.7 Å². The molecule has 0 radical (unpaired) electrons. The number of nitrogens with two attached hydrogens (primary N) is 1. The Morgan fingerprint density at radius 3 is 2.63 bits per heavy atom. The largest absolute Gasteiger partial charge is 0.370 e. The molecule has 0 aromatic heterocycles. The first-order valence-electron chi connectivity index (χ1n) is 7.15. The Kier molecular flexibility index (Phi) is 5.21. The van der Waals surface area contributed by atoms with Crippen LogP contribution < -0.4 is 11.1 Å². The molecule has 1 unspecified atom stereocenters. The molecule has 1 heterocycles. The van der Waals surface area contributed by atoms with Gasteiger partial charge in [-0.15, -0.1) is 0 Å². The minimum atomic E-state index is 0.504. The van der Waals surface area contributed by atoms with Crippen molar-refractivity contribution in [1.29, 1.82) is 0 Å². The molecule has 1 atom stereocenters. The smallest absolute Gasteiger partial charge is 0.193 e. The standard InChI is InChI=1S/C15H24N4/c1-2-14(19-10-6-7-11-19)12-17-15(16)18-13-8-4-3-5-9-13/h3-5,8-9,14H,2,6-7,10-12H2,1H3,(H3,16,17,18). The van der Waals surface area contributed by atoms with E-state index in [1.807, 2.05) is 30.3 Å². The lowest BCUT2D eigenvalue weighted by Gasteiger charge is -2.24. The van der Waals surface area contributed by atoms with Gasteiger partial charge in [-0.1, -0.05) is 25.1 Å². The lowest BCUT2D eigenvalue weighted by Crippen LogP contribution is -2.35. The molecule has 19 heavy (non-hydrogen) atoms. The van der Waals surface area contributed by atoms with Crippen molar-refractivity contribution >= 4 is 11.6 Å². The molecule has 1 aliphatic heterocycles. The number of hydrogen-bond acceptors (Lipinski definition) is 2. The van der Waals surface area contributed by atoms with Crippen LogP contribution in [0.1, 0.15) is 26.2 Å². The lowest BCUT2D eigenvalue weighted by atomic mass is 10.2. The zero-order chi connectivity index (χ0) is 13.5. The number of guanidine groups is 1. The summed E-state index contributed by atoms with van der Waals surface area (Å²) >= 11 is 0. The van der Waals surface area contributed by atoms with Crippen molar-refractivity contribution in [3.8, 4) is 0 Å². The minimum absolute atomic E-state index is 0.504. The van der Waals surface area contributed by atoms with Crippen LogP contribution in [0.5, 0.6) is 0 Å². The van der Waals surface area contributed by atoms with Crippen molar-refractivity contribution in [2.75, 3.05) is 25.0 Å². The van der Waals surface area contributed by atoms with Crippen molar-refractivity contribution in [3.05, 3.63) is 30.3 Å². The first kappa shape index (κ1) is 13.9. The quantitative estimate of drug-likeness (QED) is 0.631. The van der Waals surface area contributed by atoms with Crippen LogP contribution >= 0.6 is 0 Å². The number of para-hydroxylation sites is 1. The Balaban J connectivity index is 1.86. The summed E-state index contributed by atoms with van der Waals surface area (Å²) in [6.07, 6.45) is 3.76. The summed E-state index contributed by atoms with van der Waals surface area (Å²) in [5.74, 6) is 0.504. The number of nitrogens with zero attached hydrogens (tertiary/aromatic N) is 2. The summed E-state index contributed by atoms with van der Waals surface area (Å²) in [6, 6.07) is 10.4. The number of hydrogen-bond donors (Lipinski definition) is 2. The van der Waals surface area contributed by atoms with Crippen LogP contribution in [0, 0.1) is 0 Å². The van der Waals surface area contributed by atoms with Gasteiger partial charge in [0.15, 0.2) is 5.96 Å². The fraction of sp³-hybridized carbons (Fsp3) is 0.533. The molecular weight excluding hydrogens is 236 g/mol. The maximum Gasteiger partial charge on any atom is 0.193 e. The molecule has 0 saturated carbocycles. The van der Waals surface area contributed by atoms with E-state index in [-0.39, 0.29) is 0 Å². The predicted octanol–water partition coefficient (Wildman–Crippen LogP) is 2.29. The van der Waals surface area contributed by atoms with Gasteiger partial charge in [-0.05, 0) is 44.5 Å². The van der Waals surface area contributed by atoms with Gasteiger partial charge in [0, 0.05) is 11.7 Å². The van der Waals surface area contributed by atoms with E-state index >= 15 is 0 Å². The summed E-state index contributed by atoms with van der Waals surface area (Å²) in [4.78, 5) is 7.00. The van der Waals surface area contributed by atoms with E-state index in [4.69, 9.17) is 5.73 Å². The van der Waals surface area contributed by atoms with E-state index in [1.165, 1.54) is 25.9 Å². The molecule has 0 aliphatic carbocycles. The van der Waals surface area contributed by atoms with Gasteiger partial charge in [0.1, 0.15) is 0 Å². The molecule has 1 saturated heterocycles.